The first-order valence-corrected chi connectivity index (χ1v) is 9.77. The molecular formula is C18H16N2O7S. The maximum absolute atomic E-state index is 12.9. The van der Waals surface area contributed by atoms with Gasteiger partial charge >= 0.3 is 5.97 Å². The van der Waals surface area contributed by atoms with Crippen molar-refractivity contribution >= 4 is 27.6 Å². The molecule has 9 nitrogen and oxygen atoms in total. The number of nitrogens with zero attached hydrogens (tertiary/aromatic N) is 2. The Balaban J connectivity index is 2.00. The first-order valence-electron chi connectivity index (χ1n) is 8.33. The van der Waals surface area contributed by atoms with Crippen molar-refractivity contribution in [2.24, 2.45) is 0 Å². The van der Waals surface area contributed by atoms with Crippen molar-refractivity contribution in [2.75, 3.05) is 6.61 Å². The van der Waals surface area contributed by atoms with Crippen LogP contribution < -0.4 is 0 Å². The van der Waals surface area contributed by atoms with E-state index in [0.717, 1.165) is 24.3 Å². The van der Waals surface area contributed by atoms with Crippen LogP contribution in [-0.4, -0.2) is 42.2 Å². The summed E-state index contributed by atoms with van der Waals surface area (Å²) in [5.41, 5.74) is 0.207. The predicted molar refractivity (Wildman–Crippen MR) is 96.7 cm³/mol. The van der Waals surface area contributed by atoms with E-state index in [1.807, 2.05) is 0 Å². The molecule has 0 aliphatic carbocycles. The highest BCUT2D eigenvalue weighted by Gasteiger charge is 2.58. The second kappa shape index (κ2) is 7.39. The van der Waals surface area contributed by atoms with Crippen LogP contribution in [0.2, 0.25) is 0 Å². The van der Waals surface area contributed by atoms with E-state index in [9.17, 15) is 28.1 Å². The molecule has 2 atom stereocenters. The van der Waals surface area contributed by atoms with Crippen molar-refractivity contribution < 1.29 is 27.7 Å². The summed E-state index contributed by atoms with van der Waals surface area (Å²) >= 11 is 0. The maximum atomic E-state index is 12.9. The molecule has 10 heteroatoms. The third-order valence-corrected chi connectivity index (χ3v) is 6.14. The average molecular weight is 404 g/mol. The SMILES string of the molecule is CCOC(=O)[C@H]1[C@@H](c2ccccc2)C(=O)N1S(=O)(=O)c1ccc([N+](=O)[O-])cc1. The molecule has 1 fully saturated rings. The Morgan fingerprint density at radius 3 is 2.29 bits per heavy atom. The van der Waals surface area contributed by atoms with Gasteiger partial charge in [-0.15, -0.1) is 0 Å². The average Bonchev–Trinajstić information content (AvgIpc) is 2.66. The van der Waals surface area contributed by atoms with Gasteiger partial charge in [0.1, 0.15) is 0 Å². The number of non-ortho nitro benzene ring substituents is 1. The van der Waals surface area contributed by atoms with E-state index < -0.39 is 38.8 Å². The minimum absolute atomic E-state index is 0.0243. The number of rotatable bonds is 6. The van der Waals surface area contributed by atoms with E-state index in [1.54, 1.807) is 37.3 Å². The minimum Gasteiger partial charge on any atom is -0.464 e. The fourth-order valence-electron chi connectivity index (χ4n) is 3.03. The van der Waals surface area contributed by atoms with E-state index in [0.29, 0.717) is 9.87 Å². The lowest BCUT2D eigenvalue weighted by atomic mass is 9.84. The smallest absolute Gasteiger partial charge is 0.331 e. The van der Waals surface area contributed by atoms with Crippen LogP contribution >= 0.6 is 0 Å². The predicted octanol–water partition coefficient (Wildman–Crippen LogP) is 1.84. The Morgan fingerprint density at radius 2 is 1.75 bits per heavy atom. The highest BCUT2D eigenvalue weighted by atomic mass is 32.2. The first kappa shape index (κ1) is 19.5. The fraction of sp³-hybridized carbons (Fsp3) is 0.222. The van der Waals surface area contributed by atoms with Crippen molar-refractivity contribution in [1.29, 1.82) is 0 Å². The van der Waals surface area contributed by atoms with Crippen LogP contribution in [-0.2, 0) is 24.3 Å². The Labute approximate surface area is 160 Å². The van der Waals surface area contributed by atoms with Gasteiger partial charge in [-0.2, -0.15) is 0 Å². The van der Waals surface area contributed by atoms with Crippen molar-refractivity contribution in [2.45, 2.75) is 23.8 Å². The highest BCUT2D eigenvalue weighted by Crippen LogP contribution is 2.40. The van der Waals surface area contributed by atoms with E-state index in [2.05, 4.69) is 0 Å². The molecule has 1 aliphatic heterocycles. The van der Waals surface area contributed by atoms with Crippen LogP contribution in [0.25, 0.3) is 0 Å². The molecule has 28 heavy (non-hydrogen) atoms. The van der Waals surface area contributed by atoms with Gasteiger partial charge in [-0.3, -0.25) is 14.9 Å². The Hall–Kier alpha value is -3.27. The molecule has 0 saturated carbocycles. The zero-order chi connectivity index (χ0) is 20.5. The molecule has 2 aromatic carbocycles. The molecule has 1 saturated heterocycles. The zero-order valence-corrected chi connectivity index (χ0v) is 15.5. The van der Waals surface area contributed by atoms with Gasteiger partial charge < -0.3 is 4.74 Å². The molecule has 3 rings (SSSR count). The molecule has 0 bridgehead atoms. The first-order chi connectivity index (χ1) is 13.3. The number of benzene rings is 2. The summed E-state index contributed by atoms with van der Waals surface area (Å²) in [4.78, 5) is 34.9. The number of esters is 1. The lowest BCUT2D eigenvalue weighted by molar-refractivity contribution is -0.384. The van der Waals surface area contributed by atoms with Crippen LogP contribution in [0.1, 0.15) is 18.4 Å². The highest BCUT2D eigenvalue weighted by molar-refractivity contribution is 7.89. The summed E-state index contributed by atoms with van der Waals surface area (Å²) in [6, 6.07) is 11.1. The molecule has 2 aromatic rings. The van der Waals surface area contributed by atoms with Crippen LogP contribution in [0.15, 0.2) is 59.5 Å². The van der Waals surface area contributed by atoms with Gasteiger partial charge in [-0.05, 0) is 24.6 Å². The third kappa shape index (κ3) is 3.22. The van der Waals surface area contributed by atoms with Gasteiger partial charge in [0.05, 0.1) is 22.3 Å². The summed E-state index contributed by atoms with van der Waals surface area (Å²) < 4.78 is 31.3. The minimum atomic E-state index is -4.39. The van der Waals surface area contributed by atoms with Crippen LogP contribution in [0.4, 0.5) is 5.69 Å². The number of nitro groups is 1. The number of nitro benzene ring substituents is 1. The van der Waals surface area contributed by atoms with E-state index >= 15 is 0 Å². The number of carbonyl (C=O) groups excluding carboxylic acids is 2. The van der Waals surface area contributed by atoms with E-state index in [1.165, 1.54) is 0 Å². The molecule has 1 amide bonds. The second-order valence-electron chi connectivity index (χ2n) is 5.98. The molecule has 146 valence electrons. The summed E-state index contributed by atoms with van der Waals surface area (Å²) in [6.07, 6.45) is 0. The molecule has 1 aliphatic rings. The van der Waals surface area contributed by atoms with Crippen molar-refractivity contribution in [3.05, 3.63) is 70.3 Å². The number of β-lactam (4-membered cyclic amide) rings is 1. The molecule has 0 spiro atoms. The molecule has 0 unspecified atom stereocenters. The molecule has 0 radical (unpaired) electrons. The van der Waals surface area contributed by atoms with E-state index in [-0.39, 0.29) is 17.2 Å². The normalized spacial score (nSPS) is 19.0. The number of hydrogen-bond acceptors (Lipinski definition) is 7. The van der Waals surface area contributed by atoms with Gasteiger partial charge in [-0.25, -0.2) is 17.5 Å². The number of sulfonamides is 1. The van der Waals surface area contributed by atoms with Gasteiger partial charge in [0.15, 0.2) is 6.04 Å². The molecule has 0 N–H and O–H groups in total. The quantitative estimate of drug-likeness (QED) is 0.311. The molecule has 1 heterocycles. The topological polar surface area (TPSA) is 124 Å². The fourth-order valence-corrected chi connectivity index (χ4v) is 4.59. The monoisotopic (exact) mass is 404 g/mol. The number of carbonyl (C=O) groups is 2. The van der Waals surface area contributed by atoms with Crippen molar-refractivity contribution in [1.82, 2.24) is 4.31 Å². The number of amides is 1. The maximum Gasteiger partial charge on any atom is 0.331 e. The standard InChI is InChI=1S/C18H16N2O7S/c1-2-27-18(22)16-15(12-6-4-3-5-7-12)17(21)19(16)28(25,26)14-10-8-13(9-11-14)20(23)24/h3-11,15-16H,2H2,1H3/t15-,16-/m1/s1. The van der Waals surface area contributed by atoms with Crippen molar-refractivity contribution in [3.8, 4) is 0 Å². The van der Waals surface area contributed by atoms with Gasteiger partial charge in [0.2, 0.25) is 5.91 Å². The number of ether oxygens (including phenoxy) is 1. The summed E-state index contributed by atoms with van der Waals surface area (Å²) in [5, 5.41) is 10.8. The van der Waals surface area contributed by atoms with Crippen LogP contribution in [0, 0.1) is 10.1 Å². The molecular weight excluding hydrogens is 388 g/mol. The lowest BCUT2D eigenvalue weighted by Gasteiger charge is -2.44. The third-order valence-electron chi connectivity index (χ3n) is 4.34. The number of hydrogen-bond donors (Lipinski definition) is 0. The summed E-state index contributed by atoms with van der Waals surface area (Å²) in [5.74, 6) is -2.57. The lowest BCUT2D eigenvalue weighted by Crippen LogP contribution is -2.64. The Kier molecular flexibility index (Phi) is 5.14. The van der Waals surface area contributed by atoms with Gasteiger partial charge in [0, 0.05) is 12.1 Å². The van der Waals surface area contributed by atoms with Gasteiger partial charge in [0.25, 0.3) is 15.7 Å². The van der Waals surface area contributed by atoms with Gasteiger partial charge in [-0.1, -0.05) is 30.3 Å². The summed E-state index contributed by atoms with van der Waals surface area (Å²) in [6.45, 7) is 1.60. The molecule has 0 aromatic heterocycles. The largest absolute Gasteiger partial charge is 0.464 e. The van der Waals surface area contributed by atoms with Crippen LogP contribution in [0.5, 0.6) is 0 Å². The summed E-state index contributed by atoms with van der Waals surface area (Å²) in [7, 11) is -4.39. The van der Waals surface area contributed by atoms with Crippen LogP contribution in [0.3, 0.4) is 0 Å². The van der Waals surface area contributed by atoms with Crippen molar-refractivity contribution in [3.63, 3.8) is 0 Å². The Bertz CT molecular complexity index is 1020. The zero-order valence-electron chi connectivity index (χ0n) is 14.7. The Morgan fingerprint density at radius 1 is 1.14 bits per heavy atom. The second-order valence-corrected chi connectivity index (χ2v) is 7.79. The van der Waals surface area contributed by atoms with E-state index in [4.69, 9.17) is 4.74 Å².